The zero-order valence-corrected chi connectivity index (χ0v) is 11.0. The van der Waals surface area contributed by atoms with Crippen LogP contribution in [0.3, 0.4) is 0 Å². The number of aromatic nitrogens is 4. The first-order valence-corrected chi connectivity index (χ1v) is 6.16. The van der Waals surface area contributed by atoms with Crippen LogP contribution in [0.1, 0.15) is 0 Å². The van der Waals surface area contributed by atoms with Crippen LogP contribution in [0.5, 0.6) is 23.0 Å². The highest BCUT2D eigenvalue weighted by atomic mass is 16.3. The third-order valence-electron chi connectivity index (χ3n) is 2.95. The van der Waals surface area contributed by atoms with E-state index < -0.39 is 0 Å². The molecule has 0 bridgehead atoms. The van der Waals surface area contributed by atoms with E-state index in [0.29, 0.717) is 11.1 Å². The third kappa shape index (κ3) is 2.44. The summed E-state index contributed by atoms with van der Waals surface area (Å²) in [5, 5.41) is 53.0. The number of rotatable bonds is 2. The van der Waals surface area contributed by atoms with E-state index in [0.717, 1.165) is 0 Å². The average molecular weight is 298 g/mol. The van der Waals surface area contributed by atoms with Gasteiger partial charge in [-0.1, -0.05) is 0 Å². The van der Waals surface area contributed by atoms with E-state index in [9.17, 15) is 20.4 Å². The maximum Gasteiger partial charge on any atom is 0.203 e. The van der Waals surface area contributed by atoms with Crippen LogP contribution in [0.4, 0.5) is 0 Å². The Balaban J connectivity index is 1.95. The Bertz CT molecular complexity index is 766. The molecule has 8 heteroatoms. The van der Waals surface area contributed by atoms with Gasteiger partial charge in [0.05, 0.1) is 0 Å². The molecule has 1 heterocycles. The second kappa shape index (κ2) is 5.17. The number of phenols is 4. The van der Waals surface area contributed by atoms with Crippen molar-refractivity contribution in [2.75, 3.05) is 0 Å². The highest BCUT2D eigenvalue weighted by Crippen LogP contribution is 2.30. The standard InChI is InChI=1S/C14H10N4O4/c19-9-3-1-7(5-11(9)21)13-15-17-14(18-16-13)8-2-4-10(20)12(22)6-8/h1-6,19-22H. The zero-order valence-electron chi connectivity index (χ0n) is 11.0. The van der Waals surface area contributed by atoms with Crippen molar-refractivity contribution in [3.63, 3.8) is 0 Å². The highest BCUT2D eigenvalue weighted by molar-refractivity contribution is 5.62. The van der Waals surface area contributed by atoms with Crippen molar-refractivity contribution >= 4 is 0 Å². The number of phenolic OH excluding ortho intramolecular Hbond substituents is 4. The maximum absolute atomic E-state index is 9.45. The molecule has 0 radical (unpaired) electrons. The summed E-state index contributed by atoms with van der Waals surface area (Å²) in [6, 6.07) is 8.22. The molecule has 1 aromatic heterocycles. The molecular weight excluding hydrogens is 288 g/mol. The number of nitrogens with zero attached hydrogens (tertiary/aromatic N) is 4. The molecule has 22 heavy (non-hydrogen) atoms. The van der Waals surface area contributed by atoms with Gasteiger partial charge in [0, 0.05) is 11.1 Å². The first-order valence-electron chi connectivity index (χ1n) is 6.16. The van der Waals surface area contributed by atoms with Crippen LogP contribution in [0, 0.1) is 0 Å². The van der Waals surface area contributed by atoms with E-state index in [-0.39, 0.29) is 34.6 Å². The summed E-state index contributed by atoms with van der Waals surface area (Å²) in [5.74, 6) is -0.756. The van der Waals surface area contributed by atoms with Gasteiger partial charge in [-0.2, -0.15) is 0 Å². The minimum absolute atomic E-state index is 0.169. The molecule has 4 N–H and O–H groups in total. The van der Waals surface area contributed by atoms with Crippen molar-refractivity contribution < 1.29 is 20.4 Å². The summed E-state index contributed by atoms with van der Waals surface area (Å²) in [6.45, 7) is 0. The molecule has 110 valence electrons. The predicted octanol–water partition coefficient (Wildman–Crippen LogP) is 1.42. The maximum atomic E-state index is 9.45. The SMILES string of the molecule is Oc1ccc(-c2nnc(-c3ccc(O)c(O)c3)nn2)cc1O. The molecule has 0 saturated carbocycles. The van der Waals surface area contributed by atoms with Gasteiger partial charge in [-0.25, -0.2) is 0 Å². The van der Waals surface area contributed by atoms with Gasteiger partial charge in [0.2, 0.25) is 11.6 Å². The van der Waals surface area contributed by atoms with Crippen LogP contribution in [0.2, 0.25) is 0 Å². The molecule has 0 fully saturated rings. The summed E-state index contributed by atoms with van der Waals surface area (Å²) in [5.41, 5.74) is 0.880. The van der Waals surface area contributed by atoms with Gasteiger partial charge in [-0.15, -0.1) is 20.4 Å². The number of hydrogen-bond donors (Lipinski definition) is 4. The Hall–Kier alpha value is -3.42. The largest absolute Gasteiger partial charge is 0.504 e. The molecule has 0 aliphatic rings. The van der Waals surface area contributed by atoms with Crippen LogP contribution >= 0.6 is 0 Å². The quantitative estimate of drug-likeness (QED) is 0.522. The Morgan fingerprint density at radius 3 is 1.18 bits per heavy atom. The smallest absolute Gasteiger partial charge is 0.203 e. The minimum atomic E-state index is -0.298. The lowest BCUT2D eigenvalue weighted by atomic mass is 10.2. The van der Waals surface area contributed by atoms with Gasteiger partial charge in [0.25, 0.3) is 0 Å². The Morgan fingerprint density at radius 2 is 0.864 bits per heavy atom. The van der Waals surface area contributed by atoms with Gasteiger partial charge >= 0.3 is 0 Å². The normalized spacial score (nSPS) is 10.5. The number of hydrogen-bond acceptors (Lipinski definition) is 8. The fraction of sp³-hybridized carbons (Fsp3) is 0. The van der Waals surface area contributed by atoms with E-state index in [2.05, 4.69) is 20.4 Å². The number of benzene rings is 2. The van der Waals surface area contributed by atoms with Crippen molar-refractivity contribution in [1.29, 1.82) is 0 Å². The van der Waals surface area contributed by atoms with Gasteiger partial charge < -0.3 is 20.4 Å². The molecular formula is C14H10N4O4. The van der Waals surface area contributed by atoms with Crippen molar-refractivity contribution in [2.24, 2.45) is 0 Å². The summed E-state index contributed by atoms with van der Waals surface area (Å²) >= 11 is 0. The van der Waals surface area contributed by atoms with Crippen molar-refractivity contribution in [3.05, 3.63) is 36.4 Å². The van der Waals surface area contributed by atoms with Gasteiger partial charge in [0.1, 0.15) is 0 Å². The molecule has 0 aliphatic carbocycles. The summed E-state index contributed by atoms with van der Waals surface area (Å²) in [7, 11) is 0. The topological polar surface area (TPSA) is 132 Å². The lowest BCUT2D eigenvalue weighted by Gasteiger charge is -2.03. The third-order valence-corrected chi connectivity index (χ3v) is 2.95. The molecule has 0 atom stereocenters. The first-order chi connectivity index (χ1) is 10.5. The molecule has 0 saturated heterocycles. The highest BCUT2D eigenvalue weighted by Gasteiger charge is 2.10. The Labute approximate surface area is 124 Å². The predicted molar refractivity (Wildman–Crippen MR) is 75.2 cm³/mol. The van der Waals surface area contributed by atoms with E-state index in [1.807, 2.05) is 0 Å². The van der Waals surface area contributed by atoms with Gasteiger partial charge in [-0.3, -0.25) is 0 Å². The summed E-state index contributed by atoms with van der Waals surface area (Å²) in [4.78, 5) is 0. The summed E-state index contributed by atoms with van der Waals surface area (Å²) in [6.07, 6.45) is 0. The second-order valence-corrected chi connectivity index (χ2v) is 4.45. The molecule has 0 spiro atoms. The summed E-state index contributed by atoms with van der Waals surface area (Å²) < 4.78 is 0. The number of aromatic hydroxyl groups is 4. The Morgan fingerprint density at radius 1 is 0.500 bits per heavy atom. The van der Waals surface area contributed by atoms with E-state index in [1.54, 1.807) is 0 Å². The molecule has 0 unspecified atom stereocenters. The first kappa shape index (κ1) is 13.6. The monoisotopic (exact) mass is 298 g/mol. The zero-order chi connectivity index (χ0) is 15.7. The average Bonchev–Trinajstić information content (AvgIpc) is 2.53. The van der Waals surface area contributed by atoms with Gasteiger partial charge in [-0.05, 0) is 36.4 Å². The molecule has 8 nitrogen and oxygen atoms in total. The lowest BCUT2D eigenvalue weighted by Crippen LogP contribution is -1.99. The molecule has 3 aromatic rings. The van der Waals surface area contributed by atoms with Crippen molar-refractivity contribution in [1.82, 2.24) is 20.4 Å². The van der Waals surface area contributed by atoms with Crippen LogP contribution in [0.25, 0.3) is 22.8 Å². The fourth-order valence-corrected chi connectivity index (χ4v) is 1.79. The van der Waals surface area contributed by atoms with E-state index >= 15 is 0 Å². The van der Waals surface area contributed by atoms with Crippen LogP contribution in [0.15, 0.2) is 36.4 Å². The van der Waals surface area contributed by atoms with Crippen LogP contribution in [-0.4, -0.2) is 40.8 Å². The molecule has 0 amide bonds. The van der Waals surface area contributed by atoms with Gasteiger partial charge in [0.15, 0.2) is 23.0 Å². The van der Waals surface area contributed by atoms with Crippen molar-refractivity contribution in [3.8, 4) is 45.8 Å². The minimum Gasteiger partial charge on any atom is -0.504 e. The molecule has 3 rings (SSSR count). The molecule has 2 aromatic carbocycles. The second-order valence-electron chi connectivity index (χ2n) is 4.45. The van der Waals surface area contributed by atoms with E-state index in [1.165, 1.54) is 36.4 Å². The lowest BCUT2D eigenvalue weighted by molar-refractivity contribution is 0.404. The van der Waals surface area contributed by atoms with E-state index in [4.69, 9.17) is 0 Å². The van der Waals surface area contributed by atoms with Crippen LogP contribution < -0.4 is 0 Å². The van der Waals surface area contributed by atoms with Crippen LogP contribution in [-0.2, 0) is 0 Å². The Kier molecular flexibility index (Phi) is 3.18. The molecule has 0 aliphatic heterocycles. The van der Waals surface area contributed by atoms with Crippen molar-refractivity contribution in [2.45, 2.75) is 0 Å². The fourth-order valence-electron chi connectivity index (χ4n) is 1.79.